The number of nitrogens with one attached hydrogen (secondary N) is 2. The van der Waals surface area contributed by atoms with Gasteiger partial charge in [-0.05, 0) is 37.3 Å². The van der Waals surface area contributed by atoms with Crippen molar-refractivity contribution in [3.8, 4) is 11.3 Å². The van der Waals surface area contributed by atoms with Gasteiger partial charge in [-0.1, -0.05) is 12.1 Å². The third kappa shape index (κ3) is 3.74. The Morgan fingerprint density at radius 2 is 1.91 bits per heavy atom. The van der Waals surface area contributed by atoms with Crippen LogP contribution in [0.4, 0.5) is 17.2 Å². The lowest BCUT2D eigenvalue weighted by Crippen LogP contribution is -2.36. The molecule has 3 heterocycles. The molecule has 0 atom stereocenters. The number of ether oxygens (including phenoxy) is 1. The van der Waals surface area contributed by atoms with Crippen LogP contribution in [0.1, 0.15) is 16.2 Å². The van der Waals surface area contributed by atoms with E-state index in [1.807, 2.05) is 49.4 Å². The maximum absolute atomic E-state index is 12.1. The quantitative estimate of drug-likeness (QED) is 0.446. The second kappa shape index (κ2) is 8.27. The van der Waals surface area contributed by atoms with Crippen molar-refractivity contribution >= 4 is 34.1 Å². The van der Waals surface area contributed by atoms with Crippen LogP contribution in [0.15, 0.2) is 48.8 Å². The summed E-state index contributed by atoms with van der Waals surface area (Å²) in [6.45, 7) is 5.00. The van der Waals surface area contributed by atoms with E-state index >= 15 is 0 Å². The second-order valence-electron chi connectivity index (χ2n) is 7.59. The van der Waals surface area contributed by atoms with E-state index in [1.54, 1.807) is 6.33 Å². The summed E-state index contributed by atoms with van der Waals surface area (Å²) in [6, 6.07) is 13.8. The monoisotopic (exact) mass is 429 g/mol. The molecule has 1 amide bonds. The number of nitrogens with zero attached hydrogens (tertiary/aromatic N) is 4. The van der Waals surface area contributed by atoms with E-state index in [9.17, 15) is 4.79 Å². The molecule has 2 aromatic heterocycles. The van der Waals surface area contributed by atoms with Crippen molar-refractivity contribution in [3.63, 3.8) is 0 Å². The Kier molecular flexibility index (Phi) is 5.16. The van der Waals surface area contributed by atoms with Gasteiger partial charge in [-0.15, -0.1) is 0 Å². The highest BCUT2D eigenvalue weighted by molar-refractivity contribution is 5.98. The fourth-order valence-electron chi connectivity index (χ4n) is 3.91. The van der Waals surface area contributed by atoms with Crippen molar-refractivity contribution in [2.24, 2.45) is 5.73 Å². The lowest BCUT2D eigenvalue weighted by Gasteiger charge is -2.29. The molecule has 4 N–H and O–H groups in total. The van der Waals surface area contributed by atoms with Crippen LogP contribution in [-0.4, -0.2) is 52.1 Å². The minimum absolute atomic E-state index is 0.0975. The van der Waals surface area contributed by atoms with E-state index in [-0.39, 0.29) is 5.69 Å². The van der Waals surface area contributed by atoms with Crippen molar-refractivity contribution in [2.45, 2.75) is 6.92 Å². The van der Waals surface area contributed by atoms with Crippen molar-refractivity contribution in [2.75, 3.05) is 36.5 Å². The van der Waals surface area contributed by atoms with Gasteiger partial charge in [0, 0.05) is 30.0 Å². The molecule has 0 radical (unpaired) electrons. The smallest absolute Gasteiger partial charge is 0.271 e. The molecule has 0 bridgehead atoms. The van der Waals surface area contributed by atoms with Gasteiger partial charge in [0.2, 0.25) is 0 Å². The number of carbonyl (C=O) groups is 1. The molecule has 5 rings (SSSR count). The zero-order chi connectivity index (χ0) is 22.1. The largest absolute Gasteiger partial charge is 0.378 e. The number of imidazole rings is 1. The van der Waals surface area contributed by atoms with Crippen LogP contribution in [0.5, 0.6) is 0 Å². The zero-order valence-electron chi connectivity index (χ0n) is 17.6. The first-order valence-corrected chi connectivity index (χ1v) is 10.4. The van der Waals surface area contributed by atoms with Crippen LogP contribution >= 0.6 is 0 Å². The van der Waals surface area contributed by atoms with Gasteiger partial charge in [-0.25, -0.2) is 15.0 Å². The first-order chi connectivity index (χ1) is 15.6. The van der Waals surface area contributed by atoms with E-state index in [0.29, 0.717) is 17.2 Å². The summed E-state index contributed by atoms with van der Waals surface area (Å²) < 4.78 is 5.42. The summed E-state index contributed by atoms with van der Waals surface area (Å²) in [5.74, 6) is -0.326. The molecule has 9 heteroatoms. The van der Waals surface area contributed by atoms with Crippen LogP contribution in [0.3, 0.4) is 0 Å². The average Bonchev–Trinajstić information content (AvgIpc) is 3.30. The lowest BCUT2D eigenvalue weighted by molar-refractivity contribution is 0.0996. The molecule has 2 aromatic carbocycles. The number of hydrogen-bond donors (Lipinski definition) is 3. The number of aromatic nitrogens is 4. The standard InChI is InChI=1S/C23H23N7O2/c1-14-19(17-3-2-4-18-20(17)26-13-25-18)29-23(21(27-14)22(24)31)28-15-5-7-16(8-6-15)30-9-11-32-12-10-30/h2-8,13H,9-12H2,1H3,(H2,24,31)(H,25,26)(H,28,29). The molecule has 4 aromatic rings. The van der Waals surface area contributed by atoms with E-state index in [4.69, 9.17) is 15.5 Å². The van der Waals surface area contributed by atoms with Crippen LogP contribution < -0.4 is 16.0 Å². The topological polar surface area (TPSA) is 122 Å². The highest BCUT2D eigenvalue weighted by Crippen LogP contribution is 2.30. The first kappa shape index (κ1) is 20.0. The number of fused-ring (bicyclic) bond motifs is 1. The second-order valence-corrected chi connectivity index (χ2v) is 7.59. The van der Waals surface area contributed by atoms with Gasteiger partial charge in [0.05, 0.1) is 42.0 Å². The molecule has 9 nitrogen and oxygen atoms in total. The third-order valence-corrected chi connectivity index (χ3v) is 5.52. The normalized spacial score (nSPS) is 14.0. The number of aromatic amines is 1. The summed E-state index contributed by atoms with van der Waals surface area (Å²) in [6.07, 6.45) is 1.64. The number of nitrogens with two attached hydrogens (primary N) is 1. The summed E-state index contributed by atoms with van der Waals surface area (Å²) in [5.41, 5.74) is 11.4. The third-order valence-electron chi connectivity index (χ3n) is 5.52. The maximum Gasteiger partial charge on any atom is 0.271 e. The van der Waals surface area contributed by atoms with Crippen LogP contribution in [0.2, 0.25) is 0 Å². The van der Waals surface area contributed by atoms with E-state index < -0.39 is 5.91 Å². The number of carbonyl (C=O) groups excluding carboxylic acids is 1. The Morgan fingerprint density at radius 3 is 2.66 bits per heavy atom. The predicted molar refractivity (Wildman–Crippen MR) is 123 cm³/mol. The Morgan fingerprint density at radius 1 is 1.12 bits per heavy atom. The molecular formula is C23H23N7O2. The number of benzene rings is 2. The molecule has 0 unspecified atom stereocenters. The van der Waals surface area contributed by atoms with Crippen molar-refractivity contribution in [3.05, 3.63) is 60.2 Å². The molecule has 162 valence electrons. The molecule has 1 aliphatic rings. The molecule has 32 heavy (non-hydrogen) atoms. The Balaban J connectivity index is 1.51. The predicted octanol–water partition coefficient (Wildman–Crippen LogP) is 3.01. The van der Waals surface area contributed by atoms with Gasteiger partial charge in [-0.2, -0.15) is 0 Å². The highest BCUT2D eigenvalue weighted by Gasteiger charge is 2.19. The van der Waals surface area contributed by atoms with Gasteiger partial charge in [-0.3, -0.25) is 4.79 Å². The summed E-state index contributed by atoms with van der Waals surface area (Å²) >= 11 is 0. The van der Waals surface area contributed by atoms with E-state index in [0.717, 1.165) is 54.3 Å². The number of amides is 1. The number of hydrogen-bond acceptors (Lipinski definition) is 7. The van der Waals surface area contributed by atoms with E-state index in [1.165, 1.54) is 0 Å². The SMILES string of the molecule is Cc1nc(C(N)=O)c(Nc2ccc(N3CCOCC3)cc2)nc1-c1cccc2nc[nH]c12. The fourth-order valence-corrected chi connectivity index (χ4v) is 3.91. The molecular weight excluding hydrogens is 406 g/mol. The van der Waals surface area contributed by atoms with Crippen LogP contribution in [0, 0.1) is 6.92 Å². The van der Waals surface area contributed by atoms with Crippen LogP contribution in [0.25, 0.3) is 22.3 Å². The Labute approximate surface area is 184 Å². The number of anilines is 3. The van der Waals surface area contributed by atoms with Crippen LogP contribution in [-0.2, 0) is 4.74 Å². The average molecular weight is 429 g/mol. The number of aryl methyl sites for hydroxylation is 1. The number of primary amides is 1. The van der Waals surface area contributed by atoms with Gasteiger partial charge in [0.15, 0.2) is 11.5 Å². The van der Waals surface area contributed by atoms with Gasteiger partial charge in [0.1, 0.15) is 0 Å². The highest BCUT2D eigenvalue weighted by atomic mass is 16.5. The summed E-state index contributed by atoms with van der Waals surface area (Å²) in [5, 5.41) is 3.22. The first-order valence-electron chi connectivity index (χ1n) is 10.4. The van der Waals surface area contributed by atoms with E-state index in [2.05, 4.69) is 25.2 Å². The molecule has 1 fully saturated rings. The van der Waals surface area contributed by atoms with Gasteiger partial charge >= 0.3 is 0 Å². The number of rotatable bonds is 5. The molecule has 0 saturated carbocycles. The molecule has 0 spiro atoms. The maximum atomic E-state index is 12.1. The number of para-hydroxylation sites is 1. The molecule has 1 aliphatic heterocycles. The summed E-state index contributed by atoms with van der Waals surface area (Å²) in [7, 11) is 0. The Bertz CT molecular complexity index is 1280. The zero-order valence-corrected chi connectivity index (χ0v) is 17.6. The number of morpholine rings is 1. The molecule has 1 saturated heterocycles. The van der Waals surface area contributed by atoms with Crippen molar-refractivity contribution in [1.29, 1.82) is 0 Å². The minimum Gasteiger partial charge on any atom is -0.378 e. The minimum atomic E-state index is -0.640. The summed E-state index contributed by atoms with van der Waals surface area (Å²) in [4.78, 5) is 31.1. The lowest BCUT2D eigenvalue weighted by atomic mass is 10.1. The fraction of sp³-hybridized carbons (Fsp3) is 0.217. The van der Waals surface area contributed by atoms with Crippen molar-refractivity contribution in [1.82, 2.24) is 19.9 Å². The van der Waals surface area contributed by atoms with Gasteiger partial charge in [0.25, 0.3) is 5.91 Å². The molecule has 0 aliphatic carbocycles. The van der Waals surface area contributed by atoms with Crippen molar-refractivity contribution < 1.29 is 9.53 Å². The number of H-pyrrole nitrogens is 1. The van der Waals surface area contributed by atoms with Gasteiger partial charge < -0.3 is 25.7 Å². The Hall–Kier alpha value is -3.98.